The van der Waals surface area contributed by atoms with Crippen LogP contribution in [-0.2, 0) is 16.6 Å². The first-order valence-electron chi connectivity index (χ1n) is 11.3. The molecule has 176 valence electrons. The molecule has 0 unspecified atom stereocenters. The molecule has 9 nitrogen and oxygen atoms in total. The molecule has 2 aromatic rings. The summed E-state index contributed by atoms with van der Waals surface area (Å²) >= 11 is 0. The molecule has 1 aromatic carbocycles. The summed E-state index contributed by atoms with van der Waals surface area (Å²) in [5.74, 6) is -0.151. The van der Waals surface area contributed by atoms with Crippen molar-refractivity contribution < 1.29 is 13.2 Å². The average Bonchev–Trinajstić information content (AvgIpc) is 3.38. The lowest BCUT2D eigenvalue weighted by Crippen LogP contribution is -2.45. The second-order valence-electron chi connectivity index (χ2n) is 8.55. The Morgan fingerprint density at radius 3 is 2.45 bits per heavy atom. The van der Waals surface area contributed by atoms with Crippen LogP contribution in [0.2, 0.25) is 0 Å². The van der Waals surface area contributed by atoms with Gasteiger partial charge in [-0.3, -0.25) is 4.79 Å². The average molecular weight is 471 g/mol. The zero-order valence-electron chi connectivity index (χ0n) is 18.5. The predicted octanol–water partition coefficient (Wildman–Crippen LogP) is 1.84. The Morgan fingerprint density at radius 2 is 1.82 bits per heavy atom. The zero-order valence-corrected chi connectivity index (χ0v) is 19.4. The predicted molar refractivity (Wildman–Crippen MR) is 127 cm³/mol. The molecule has 2 saturated heterocycles. The van der Waals surface area contributed by atoms with Gasteiger partial charge in [-0.05, 0) is 62.5 Å². The van der Waals surface area contributed by atoms with Crippen LogP contribution in [0.4, 0.5) is 5.82 Å². The Balaban J connectivity index is 1.33. The van der Waals surface area contributed by atoms with Crippen LogP contribution in [0, 0.1) is 5.41 Å². The number of sulfonamides is 1. The van der Waals surface area contributed by atoms with Crippen molar-refractivity contribution in [3.63, 3.8) is 0 Å². The standard InChI is InChI=1S/C23H30N6O3S/c24-14-18-13-19(16-26-22(18)25)23(30)27-15-17-3-5-21(6-4-17)33(31,32)29-11-7-20(8-12-29)28-9-1-2-10-28/h3-6,13-14,16,20,24H,1-2,7-12,15H2,(H2,25,26)(H,27,30). The fourth-order valence-electron chi connectivity index (χ4n) is 4.50. The summed E-state index contributed by atoms with van der Waals surface area (Å²) in [6.07, 6.45) is 6.65. The number of nitrogens with one attached hydrogen (secondary N) is 2. The van der Waals surface area contributed by atoms with E-state index in [9.17, 15) is 13.2 Å². The van der Waals surface area contributed by atoms with Gasteiger partial charge in [0.25, 0.3) is 5.91 Å². The number of aromatic nitrogens is 1. The summed E-state index contributed by atoms with van der Waals surface area (Å²) in [6, 6.07) is 8.63. The fraction of sp³-hybridized carbons (Fsp3) is 0.435. The summed E-state index contributed by atoms with van der Waals surface area (Å²) in [5.41, 5.74) is 7.12. The number of amides is 1. The van der Waals surface area contributed by atoms with E-state index in [1.54, 1.807) is 28.6 Å². The summed E-state index contributed by atoms with van der Waals surface area (Å²) < 4.78 is 27.7. The zero-order chi connectivity index (χ0) is 23.4. The van der Waals surface area contributed by atoms with Crippen LogP contribution in [0.1, 0.15) is 47.2 Å². The maximum atomic E-state index is 13.1. The molecule has 0 spiro atoms. The van der Waals surface area contributed by atoms with Crippen LogP contribution < -0.4 is 11.1 Å². The molecule has 1 amide bonds. The molecule has 4 N–H and O–H groups in total. The van der Waals surface area contributed by atoms with E-state index in [1.165, 1.54) is 25.1 Å². The molecule has 1 aromatic heterocycles. The van der Waals surface area contributed by atoms with Crippen LogP contribution in [0.3, 0.4) is 0 Å². The quantitative estimate of drug-likeness (QED) is 0.529. The van der Waals surface area contributed by atoms with Crippen molar-refractivity contribution in [2.75, 3.05) is 31.9 Å². The molecular weight excluding hydrogens is 440 g/mol. The monoisotopic (exact) mass is 470 g/mol. The van der Waals surface area contributed by atoms with E-state index < -0.39 is 10.0 Å². The molecule has 0 atom stereocenters. The van der Waals surface area contributed by atoms with E-state index in [1.807, 2.05) is 0 Å². The van der Waals surface area contributed by atoms with Crippen molar-refractivity contribution in [1.29, 1.82) is 5.41 Å². The van der Waals surface area contributed by atoms with Gasteiger partial charge in [-0.1, -0.05) is 12.1 Å². The Kier molecular flexibility index (Phi) is 7.06. The molecule has 2 fully saturated rings. The van der Waals surface area contributed by atoms with E-state index in [0.29, 0.717) is 30.3 Å². The van der Waals surface area contributed by atoms with E-state index in [4.69, 9.17) is 11.1 Å². The Bertz CT molecular complexity index is 1110. The number of carbonyl (C=O) groups excluding carboxylic acids is 1. The van der Waals surface area contributed by atoms with Crippen molar-refractivity contribution in [3.8, 4) is 0 Å². The highest BCUT2D eigenvalue weighted by molar-refractivity contribution is 7.89. The first-order valence-corrected chi connectivity index (χ1v) is 12.7. The van der Waals surface area contributed by atoms with E-state index >= 15 is 0 Å². The van der Waals surface area contributed by atoms with Gasteiger partial charge in [0.05, 0.1) is 10.5 Å². The molecule has 0 saturated carbocycles. The minimum Gasteiger partial charge on any atom is -0.383 e. The molecular formula is C23H30N6O3S. The number of pyridine rings is 1. The molecule has 2 aliphatic heterocycles. The summed E-state index contributed by atoms with van der Waals surface area (Å²) in [7, 11) is -3.53. The number of rotatable bonds is 7. The SMILES string of the molecule is N=Cc1cc(C(=O)NCc2ccc(S(=O)(=O)N3CCC(N4CCCC4)CC3)cc2)cnc1N. The van der Waals surface area contributed by atoms with E-state index in [0.717, 1.165) is 37.7 Å². The van der Waals surface area contributed by atoms with Gasteiger partial charge in [0, 0.05) is 43.7 Å². The lowest BCUT2D eigenvalue weighted by molar-refractivity contribution is 0.0950. The Morgan fingerprint density at radius 1 is 1.15 bits per heavy atom. The van der Waals surface area contributed by atoms with Gasteiger partial charge in [-0.2, -0.15) is 4.31 Å². The number of nitrogens with two attached hydrogens (primary N) is 1. The molecule has 0 bridgehead atoms. The second kappa shape index (κ2) is 9.98. The summed E-state index contributed by atoms with van der Waals surface area (Å²) in [5, 5.41) is 10.1. The normalized spacial score (nSPS) is 18.3. The third-order valence-electron chi connectivity index (χ3n) is 6.46. The number of carbonyl (C=O) groups is 1. The fourth-order valence-corrected chi connectivity index (χ4v) is 5.97. The first kappa shape index (κ1) is 23.3. The van der Waals surface area contributed by atoms with Crippen molar-refractivity contribution in [2.45, 2.75) is 43.2 Å². The van der Waals surface area contributed by atoms with Gasteiger partial charge < -0.3 is 21.4 Å². The lowest BCUT2D eigenvalue weighted by Gasteiger charge is -2.36. The van der Waals surface area contributed by atoms with Crippen LogP contribution >= 0.6 is 0 Å². The van der Waals surface area contributed by atoms with Crippen LogP contribution in [0.5, 0.6) is 0 Å². The van der Waals surface area contributed by atoms with Gasteiger partial charge in [0.1, 0.15) is 5.82 Å². The highest BCUT2D eigenvalue weighted by Gasteiger charge is 2.32. The van der Waals surface area contributed by atoms with Gasteiger partial charge in [0.2, 0.25) is 10.0 Å². The van der Waals surface area contributed by atoms with E-state index in [-0.39, 0.29) is 23.2 Å². The number of likely N-dealkylation sites (tertiary alicyclic amines) is 1. The number of nitrogen functional groups attached to an aromatic ring is 1. The van der Waals surface area contributed by atoms with Crippen molar-refractivity contribution in [3.05, 3.63) is 53.2 Å². The number of hydrogen-bond donors (Lipinski definition) is 3. The third kappa shape index (κ3) is 5.23. The molecule has 33 heavy (non-hydrogen) atoms. The molecule has 0 aliphatic carbocycles. The minimum absolute atomic E-state index is 0.193. The van der Waals surface area contributed by atoms with Crippen molar-refractivity contribution in [2.24, 2.45) is 0 Å². The number of piperidine rings is 1. The number of benzene rings is 1. The lowest BCUT2D eigenvalue weighted by atomic mass is 10.1. The van der Waals surface area contributed by atoms with E-state index in [2.05, 4.69) is 15.2 Å². The maximum absolute atomic E-state index is 13.1. The number of hydrogen-bond acceptors (Lipinski definition) is 7. The van der Waals surface area contributed by atoms with Crippen molar-refractivity contribution >= 4 is 28.0 Å². The topological polar surface area (TPSA) is 132 Å². The van der Waals surface area contributed by atoms with Crippen LogP contribution in [-0.4, -0.2) is 66.9 Å². The van der Waals surface area contributed by atoms with Crippen LogP contribution in [0.25, 0.3) is 0 Å². The summed E-state index contributed by atoms with van der Waals surface area (Å²) in [4.78, 5) is 19.1. The second-order valence-corrected chi connectivity index (χ2v) is 10.5. The van der Waals surface area contributed by atoms with Crippen molar-refractivity contribution in [1.82, 2.24) is 19.5 Å². The third-order valence-corrected chi connectivity index (χ3v) is 8.37. The molecule has 4 rings (SSSR count). The maximum Gasteiger partial charge on any atom is 0.253 e. The Labute approximate surface area is 194 Å². The number of anilines is 1. The highest BCUT2D eigenvalue weighted by Crippen LogP contribution is 2.25. The molecule has 10 heteroatoms. The summed E-state index contributed by atoms with van der Waals surface area (Å²) in [6.45, 7) is 3.61. The van der Waals surface area contributed by atoms with Crippen LogP contribution in [0.15, 0.2) is 41.4 Å². The number of nitrogens with zero attached hydrogens (tertiary/aromatic N) is 3. The molecule has 0 radical (unpaired) electrons. The molecule has 3 heterocycles. The molecule has 2 aliphatic rings. The Hall–Kier alpha value is -2.82. The van der Waals surface area contributed by atoms with Gasteiger partial charge in [0.15, 0.2) is 0 Å². The smallest absolute Gasteiger partial charge is 0.253 e. The first-order chi connectivity index (χ1) is 15.9. The van der Waals surface area contributed by atoms with Gasteiger partial charge in [-0.25, -0.2) is 13.4 Å². The van der Waals surface area contributed by atoms with Gasteiger partial charge in [-0.15, -0.1) is 0 Å². The highest BCUT2D eigenvalue weighted by atomic mass is 32.2. The van der Waals surface area contributed by atoms with Gasteiger partial charge >= 0.3 is 0 Å². The largest absolute Gasteiger partial charge is 0.383 e. The minimum atomic E-state index is -3.53.